The van der Waals surface area contributed by atoms with Crippen LogP contribution in [-0.4, -0.2) is 34.2 Å². The molecule has 0 saturated carbocycles. The molecule has 1 aliphatic rings. The van der Waals surface area contributed by atoms with Gasteiger partial charge < -0.3 is 10.1 Å². The number of hydrogen-bond donors (Lipinski definition) is 1. The number of nitrogens with one attached hydrogen (secondary N) is 1. The van der Waals surface area contributed by atoms with Gasteiger partial charge in [0.15, 0.2) is 0 Å². The number of hydrogen-bond acceptors (Lipinski definition) is 5. The van der Waals surface area contributed by atoms with Crippen LogP contribution >= 0.6 is 0 Å². The number of pyridine rings is 1. The average Bonchev–Trinajstić information content (AvgIpc) is 3.06. The van der Waals surface area contributed by atoms with Gasteiger partial charge in [-0.2, -0.15) is 0 Å². The summed E-state index contributed by atoms with van der Waals surface area (Å²) in [5, 5.41) is 2.86. The first-order valence-corrected chi connectivity index (χ1v) is 10.9. The fourth-order valence-electron chi connectivity index (χ4n) is 3.67. The number of fused-ring (bicyclic) bond motifs is 1. The zero-order chi connectivity index (χ0) is 23.2. The Hall–Kier alpha value is -4.00. The quantitative estimate of drug-likeness (QED) is 0.510. The molecule has 0 aliphatic carbocycles. The van der Waals surface area contributed by atoms with Crippen molar-refractivity contribution < 1.29 is 19.1 Å². The van der Waals surface area contributed by atoms with Gasteiger partial charge >= 0.3 is 0 Å². The van der Waals surface area contributed by atoms with Crippen molar-refractivity contribution in [1.82, 2.24) is 15.2 Å². The molecule has 3 amide bonds. The van der Waals surface area contributed by atoms with E-state index >= 15 is 0 Å². The van der Waals surface area contributed by atoms with Crippen LogP contribution in [0.3, 0.4) is 0 Å². The molecule has 7 nitrogen and oxygen atoms in total. The van der Waals surface area contributed by atoms with E-state index in [0.717, 1.165) is 16.7 Å². The van der Waals surface area contributed by atoms with Gasteiger partial charge in [-0.3, -0.25) is 19.3 Å². The molecule has 33 heavy (non-hydrogen) atoms. The van der Waals surface area contributed by atoms with Gasteiger partial charge in [0.05, 0.1) is 11.1 Å². The van der Waals surface area contributed by atoms with Crippen LogP contribution in [-0.2, 0) is 17.9 Å². The number of aromatic nitrogens is 1. The van der Waals surface area contributed by atoms with Crippen molar-refractivity contribution >= 4 is 17.7 Å². The van der Waals surface area contributed by atoms with Crippen LogP contribution in [0, 0.1) is 6.92 Å². The molecule has 3 aromatic rings. The van der Waals surface area contributed by atoms with Crippen LogP contribution in [0.15, 0.2) is 66.9 Å². The summed E-state index contributed by atoms with van der Waals surface area (Å²) in [5.74, 6) is -0.244. The van der Waals surface area contributed by atoms with Crippen LogP contribution in [0.1, 0.15) is 50.2 Å². The second-order valence-electron chi connectivity index (χ2n) is 7.97. The molecule has 0 unspecified atom stereocenters. The minimum atomic E-state index is -0.296. The van der Waals surface area contributed by atoms with E-state index in [9.17, 15) is 14.4 Å². The van der Waals surface area contributed by atoms with E-state index in [0.29, 0.717) is 36.6 Å². The second-order valence-corrected chi connectivity index (χ2v) is 7.97. The maximum Gasteiger partial charge on any atom is 0.261 e. The lowest BCUT2D eigenvalue weighted by molar-refractivity contribution is -0.121. The molecule has 0 radical (unpaired) electrons. The summed E-state index contributed by atoms with van der Waals surface area (Å²) in [6, 6.07) is 18.7. The lowest BCUT2D eigenvalue weighted by Gasteiger charge is -2.13. The summed E-state index contributed by atoms with van der Waals surface area (Å²) in [5.41, 5.74) is 3.72. The van der Waals surface area contributed by atoms with Gasteiger partial charge in [-0.15, -0.1) is 0 Å². The van der Waals surface area contributed by atoms with Gasteiger partial charge in [-0.05, 0) is 42.7 Å². The SMILES string of the molecule is Cc1ccc2c(c1)C(=O)N(CCCC(=O)NCc1ccnc(OCc3ccccc3)c1)C2=O. The Balaban J connectivity index is 1.22. The highest BCUT2D eigenvalue weighted by molar-refractivity contribution is 6.21. The molecule has 168 valence electrons. The summed E-state index contributed by atoms with van der Waals surface area (Å²) in [6.45, 7) is 2.86. The average molecular weight is 444 g/mol. The molecule has 4 rings (SSSR count). The topological polar surface area (TPSA) is 88.6 Å². The largest absolute Gasteiger partial charge is 0.473 e. The van der Waals surface area contributed by atoms with Crippen LogP contribution in [0.25, 0.3) is 0 Å². The van der Waals surface area contributed by atoms with Crippen molar-refractivity contribution in [1.29, 1.82) is 0 Å². The molecule has 7 heteroatoms. The van der Waals surface area contributed by atoms with Crippen LogP contribution in [0.5, 0.6) is 5.88 Å². The normalized spacial score (nSPS) is 12.6. The molecule has 1 aromatic heterocycles. The Morgan fingerprint density at radius 3 is 2.58 bits per heavy atom. The van der Waals surface area contributed by atoms with Crippen LogP contribution in [0.2, 0.25) is 0 Å². The molecular weight excluding hydrogens is 418 g/mol. The summed E-state index contributed by atoms with van der Waals surface area (Å²) < 4.78 is 5.72. The summed E-state index contributed by atoms with van der Waals surface area (Å²) >= 11 is 0. The van der Waals surface area contributed by atoms with Gasteiger partial charge in [0.2, 0.25) is 11.8 Å². The Morgan fingerprint density at radius 1 is 0.970 bits per heavy atom. The van der Waals surface area contributed by atoms with E-state index in [-0.39, 0.29) is 30.7 Å². The van der Waals surface area contributed by atoms with Crippen molar-refractivity contribution in [3.05, 3.63) is 94.7 Å². The van der Waals surface area contributed by atoms with Crippen molar-refractivity contribution in [2.24, 2.45) is 0 Å². The molecule has 2 heterocycles. The number of carbonyl (C=O) groups excluding carboxylic acids is 3. The molecule has 2 aromatic carbocycles. The molecule has 1 N–H and O–H groups in total. The highest BCUT2D eigenvalue weighted by Gasteiger charge is 2.34. The number of amides is 3. The van der Waals surface area contributed by atoms with Gasteiger partial charge in [-0.25, -0.2) is 4.98 Å². The monoisotopic (exact) mass is 443 g/mol. The fraction of sp³-hybridized carbons (Fsp3) is 0.231. The lowest BCUT2D eigenvalue weighted by atomic mass is 10.1. The van der Waals surface area contributed by atoms with Crippen LogP contribution in [0.4, 0.5) is 0 Å². The Morgan fingerprint density at radius 2 is 1.76 bits per heavy atom. The van der Waals surface area contributed by atoms with E-state index in [1.165, 1.54) is 4.90 Å². The minimum absolute atomic E-state index is 0.147. The predicted octanol–water partition coefficient (Wildman–Crippen LogP) is 3.66. The van der Waals surface area contributed by atoms with Crippen LogP contribution < -0.4 is 10.1 Å². The summed E-state index contributed by atoms with van der Waals surface area (Å²) in [6.07, 6.45) is 2.26. The van der Waals surface area contributed by atoms with Crippen molar-refractivity contribution in [2.45, 2.75) is 32.9 Å². The Labute approximate surface area is 192 Å². The minimum Gasteiger partial charge on any atom is -0.473 e. The number of nitrogens with zero attached hydrogens (tertiary/aromatic N) is 2. The second kappa shape index (κ2) is 10.1. The highest BCUT2D eigenvalue weighted by Crippen LogP contribution is 2.24. The summed E-state index contributed by atoms with van der Waals surface area (Å²) in [4.78, 5) is 42.7. The van der Waals surface area contributed by atoms with E-state index in [1.807, 2.05) is 49.4 Å². The number of imide groups is 1. The molecule has 0 spiro atoms. The van der Waals surface area contributed by atoms with Gasteiger partial charge in [0, 0.05) is 31.8 Å². The van der Waals surface area contributed by atoms with Gasteiger partial charge in [0.25, 0.3) is 11.8 Å². The van der Waals surface area contributed by atoms with E-state index in [1.54, 1.807) is 24.4 Å². The fourth-order valence-corrected chi connectivity index (χ4v) is 3.67. The standard InChI is InChI=1S/C26H25N3O4/c1-18-9-10-21-22(14-18)26(32)29(25(21)31)13-5-8-23(30)28-16-20-11-12-27-24(15-20)33-17-19-6-3-2-4-7-19/h2-4,6-7,9-12,14-15H,5,8,13,16-17H2,1H3,(H,28,30). The smallest absolute Gasteiger partial charge is 0.261 e. The zero-order valence-corrected chi connectivity index (χ0v) is 18.4. The maximum atomic E-state index is 12.5. The molecule has 0 fully saturated rings. The molecular formula is C26H25N3O4. The number of aryl methyl sites for hydroxylation is 1. The number of carbonyl (C=O) groups is 3. The molecule has 0 saturated heterocycles. The van der Waals surface area contributed by atoms with Gasteiger partial charge in [-0.1, -0.05) is 42.0 Å². The highest BCUT2D eigenvalue weighted by atomic mass is 16.5. The lowest BCUT2D eigenvalue weighted by Crippen LogP contribution is -2.32. The molecule has 0 atom stereocenters. The summed E-state index contributed by atoms with van der Waals surface area (Å²) in [7, 11) is 0. The van der Waals surface area contributed by atoms with Crippen molar-refractivity contribution in [3.8, 4) is 5.88 Å². The Bertz CT molecular complexity index is 1180. The zero-order valence-electron chi connectivity index (χ0n) is 18.4. The number of ether oxygens (including phenoxy) is 1. The molecule has 1 aliphatic heterocycles. The first-order chi connectivity index (χ1) is 16.0. The number of benzene rings is 2. The predicted molar refractivity (Wildman–Crippen MR) is 123 cm³/mol. The van der Waals surface area contributed by atoms with E-state index in [2.05, 4.69) is 10.3 Å². The Kier molecular flexibility index (Phi) is 6.78. The first-order valence-electron chi connectivity index (χ1n) is 10.9. The van der Waals surface area contributed by atoms with Crippen molar-refractivity contribution in [2.75, 3.05) is 6.54 Å². The van der Waals surface area contributed by atoms with Crippen molar-refractivity contribution in [3.63, 3.8) is 0 Å². The first kappa shape index (κ1) is 22.2. The number of rotatable bonds is 9. The third-order valence-corrected chi connectivity index (χ3v) is 5.43. The third-order valence-electron chi connectivity index (χ3n) is 5.43. The van der Waals surface area contributed by atoms with E-state index < -0.39 is 0 Å². The maximum absolute atomic E-state index is 12.5. The molecule has 0 bridgehead atoms. The third kappa shape index (κ3) is 5.44. The van der Waals surface area contributed by atoms with E-state index in [4.69, 9.17) is 4.74 Å². The van der Waals surface area contributed by atoms with Gasteiger partial charge in [0.1, 0.15) is 6.61 Å².